The van der Waals surface area contributed by atoms with Crippen LogP contribution in [0.2, 0.25) is 0 Å². The number of hydrogen-bond donors (Lipinski definition) is 1. The van der Waals surface area contributed by atoms with Crippen LogP contribution in [0, 0.1) is 5.92 Å². The van der Waals surface area contributed by atoms with Gasteiger partial charge >= 0.3 is 5.97 Å². The van der Waals surface area contributed by atoms with Crippen molar-refractivity contribution < 1.29 is 9.90 Å². The monoisotopic (exact) mass is 312 g/mol. The molecule has 1 saturated heterocycles. The maximum absolute atomic E-state index is 11.6. The minimum absolute atomic E-state index is 0.247. The number of carbonyl (C=O) groups is 1. The van der Waals surface area contributed by atoms with Crippen molar-refractivity contribution >= 4 is 16.9 Å². The molecule has 1 aromatic carbocycles. The van der Waals surface area contributed by atoms with E-state index in [1.165, 1.54) is 22.0 Å². The highest BCUT2D eigenvalue weighted by atomic mass is 16.4. The molecule has 2 aliphatic rings. The first kappa shape index (κ1) is 14.8. The van der Waals surface area contributed by atoms with E-state index in [-0.39, 0.29) is 5.92 Å². The number of aryl methyl sites for hydroxylation is 1. The van der Waals surface area contributed by atoms with Crippen LogP contribution in [0.1, 0.15) is 36.8 Å². The maximum Gasteiger partial charge on any atom is 0.307 e. The molecular formula is C19H24N2O2. The summed E-state index contributed by atoms with van der Waals surface area (Å²) in [4.78, 5) is 14.1. The number of rotatable bonds is 3. The van der Waals surface area contributed by atoms with Crippen molar-refractivity contribution in [3.05, 3.63) is 35.5 Å². The highest BCUT2D eigenvalue weighted by Crippen LogP contribution is 2.45. The fourth-order valence-electron chi connectivity index (χ4n) is 4.80. The van der Waals surface area contributed by atoms with E-state index in [9.17, 15) is 9.90 Å². The van der Waals surface area contributed by atoms with Crippen LogP contribution in [-0.4, -0.2) is 39.7 Å². The number of nitrogens with zero attached hydrogens (tertiary/aromatic N) is 2. The van der Waals surface area contributed by atoms with Crippen LogP contribution in [0.4, 0.5) is 0 Å². The predicted octanol–water partition coefficient (Wildman–Crippen LogP) is 3.00. The minimum atomic E-state index is -0.643. The summed E-state index contributed by atoms with van der Waals surface area (Å²) in [6.07, 6.45) is 5.15. The van der Waals surface area contributed by atoms with E-state index in [0.29, 0.717) is 18.5 Å². The van der Waals surface area contributed by atoms with Crippen LogP contribution in [0.25, 0.3) is 10.9 Å². The Bertz CT molecular complexity index is 764. The van der Waals surface area contributed by atoms with Gasteiger partial charge in [-0.25, -0.2) is 0 Å². The summed E-state index contributed by atoms with van der Waals surface area (Å²) >= 11 is 0. The standard InChI is InChI=1S/C19H24N2O2/c1-3-7-21-11-13(19(22)23)8-15-14-5-4-6-16-18(14)12(9-17(15)21)10-20(16)2/h4-6,10,13,15,17H,3,7-9,11H2,1-2H3,(H,22,23)/t13?,15-,17-/m1/s1. The van der Waals surface area contributed by atoms with Gasteiger partial charge in [0.05, 0.1) is 5.92 Å². The van der Waals surface area contributed by atoms with Crippen molar-refractivity contribution in [2.75, 3.05) is 13.1 Å². The summed E-state index contributed by atoms with van der Waals surface area (Å²) in [7, 11) is 2.11. The molecule has 1 aliphatic heterocycles. The molecule has 0 radical (unpaired) electrons. The molecule has 3 atom stereocenters. The fraction of sp³-hybridized carbons (Fsp3) is 0.526. The molecule has 0 saturated carbocycles. The molecular weight excluding hydrogens is 288 g/mol. The topological polar surface area (TPSA) is 45.5 Å². The molecule has 1 aromatic heterocycles. The van der Waals surface area contributed by atoms with Crippen molar-refractivity contribution in [1.29, 1.82) is 0 Å². The lowest BCUT2D eigenvalue weighted by molar-refractivity contribution is -0.144. The molecule has 0 bridgehead atoms. The Morgan fingerprint density at radius 1 is 1.39 bits per heavy atom. The number of aliphatic carboxylic acids is 1. The number of hydrogen-bond acceptors (Lipinski definition) is 2. The number of carboxylic acid groups (broad SMARTS) is 1. The van der Waals surface area contributed by atoms with Gasteiger partial charge in [-0.2, -0.15) is 0 Å². The van der Waals surface area contributed by atoms with E-state index in [1.54, 1.807) is 0 Å². The van der Waals surface area contributed by atoms with Crippen LogP contribution in [0.3, 0.4) is 0 Å². The van der Waals surface area contributed by atoms with Crippen LogP contribution in [0.5, 0.6) is 0 Å². The third kappa shape index (κ3) is 2.19. The highest BCUT2D eigenvalue weighted by Gasteiger charge is 2.42. The molecule has 1 N–H and O–H groups in total. The first-order chi connectivity index (χ1) is 11.1. The van der Waals surface area contributed by atoms with Gasteiger partial charge in [0.2, 0.25) is 0 Å². The van der Waals surface area contributed by atoms with Crippen molar-refractivity contribution in [2.24, 2.45) is 13.0 Å². The van der Waals surface area contributed by atoms with Crippen LogP contribution < -0.4 is 0 Å². The second-order valence-corrected chi connectivity index (χ2v) is 7.15. The minimum Gasteiger partial charge on any atom is -0.481 e. The van der Waals surface area contributed by atoms with Crippen LogP contribution in [0.15, 0.2) is 24.4 Å². The zero-order valence-electron chi connectivity index (χ0n) is 13.8. The van der Waals surface area contributed by atoms with Gasteiger partial charge in [-0.05, 0) is 43.0 Å². The Balaban J connectivity index is 1.83. The molecule has 1 unspecified atom stereocenters. The third-order valence-corrected chi connectivity index (χ3v) is 5.74. The normalized spacial score (nSPS) is 27.1. The van der Waals surface area contributed by atoms with E-state index in [1.807, 2.05) is 0 Å². The number of carboxylic acids is 1. The second-order valence-electron chi connectivity index (χ2n) is 7.15. The van der Waals surface area contributed by atoms with Crippen molar-refractivity contribution in [2.45, 2.75) is 38.1 Å². The van der Waals surface area contributed by atoms with Gasteiger partial charge in [-0.15, -0.1) is 0 Å². The molecule has 4 nitrogen and oxygen atoms in total. The first-order valence-corrected chi connectivity index (χ1v) is 8.63. The molecule has 4 heteroatoms. The van der Waals surface area contributed by atoms with Crippen molar-refractivity contribution in [3.63, 3.8) is 0 Å². The molecule has 1 fully saturated rings. The van der Waals surface area contributed by atoms with Crippen LogP contribution in [-0.2, 0) is 18.3 Å². The van der Waals surface area contributed by atoms with Crippen LogP contribution >= 0.6 is 0 Å². The largest absolute Gasteiger partial charge is 0.481 e. The summed E-state index contributed by atoms with van der Waals surface area (Å²) < 4.78 is 2.21. The summed E-state index contributed by atoms with van der Waals surface area (Å²) in [6, 6.07) is 6.96. The summed E-state index contributed by atoms with van der Waals surface area (Å²) in [6.45, 7) is 3.86. The number of piperidine rings is 1. The molecule has 0 amide bonds. The Morgan fingerprint density at radius 2 is 2.22 bits per heavy atom. The zero-order valence-corrected chi connectivity index (χ0v) is 13.8. The molecule has 0 spiro atoms. The average molecular weight is 312 g/mol. The quantitative estimate of drug-likeness (QED) is 0.947. The zero-order chi connectivity index (χ0) is 16.1. The first-order valence-electron chi connectivity index (χ1n) is 8.63. The van der Waals surface area contributed by atoms with Gasteiger partial charge in [0.15, 0.2) is 0 Å². The van der Waals surface area contributed by atoms with Crippen molar-refractivity contribution in [3.8, 4) is 0 Å². The number of likely N-dealkylation sites (tertiary alicyclic amines) is 1. The highest BCUT2D eigenvalue weighted by molar-refractivity contribution is 5.89. The van der Waals surface area contributed by atoms with Gasteiger partial charge in [0.1, 0.15) is 0 Å². The molecule has 4 rings (SSSR count). The fourth-order valence-corrected chi connectivity index (χ4v) is 4.80. The lowest BCUT2D eigenvalue weighted by atomic mass is 9.72. The third-order valence-electron chi connectivity index (χ3n) is 5.74. The average Bonchev–Trinajstić information content (AvgIpc) is 2.86. The van der Waals surface area contributed by atoms with E-state index >= 15 is 0 Å². The smallest absolute Gasteiger partial charge is 0.307 e. The SMILES string of the molecule is CCCN1CC(C(=O)O)C[C@@H]2c3cccc4c3c(cn4C)C[C@H]21. The van der Waals surface area contributed by atoms with E-state index in [4.69, 9.17) is 0 Å². The Kier molecular flexibility index (Phi) is 3.45. The molecule has 2 aromatic rings. The summed E-state index contributed by atoms with van der Waals surface area (Å²) in [5.74, 6) is -0.547. The predicted molar refractivity (Wildman–Crippen MR) is 90.8 cm³/mol. The van der Waals surface area contributed by atoms with Gasteiger partial charge in [-0.3, -0.25) is 9.69 Å². The lowest BCUT2D eigenvalue weighted by Crippen LogP contribution is -2.51. The summed E-state index contributed by atoms with van der Waals surface area (Å²) in [5.41, 5.74) is 4.06. The molecule has 2 heterocycles. The van der Waals surface area contributed by atoms with Crippen molar-refractivity contribution in [1.82, 2.24) is 9.47 Å². The van der Waals surface area contributed by atoms with E-state index < -0.39 is 5.97 Å². The van der Waals surface area contributed by atoms with E-state index in [0.717, 1.165) is 25.8 Å². The molecule has 122 valence electrons. The Labute approximate surface area is 136 Å². The number of benzene rings is 1. The Hall–Kier alpha value is -1.81. The Morgan fingerprint density at radius 3 is 2.96 bits per heavy atom. The second kappa shape index (κ2) is 5.38. The number of fused-ring (bicyclic) bond motifs is 2. The maximum atomic E-state index is 11.6. The van der Waals surface area contributed by atoms with Gasteiger partial charge < -0.3 is 9.67 Å². The van der Waals surface area contributed by atoms with Gasteiger partial charge in [0.25, 0.3) is 0 Å². The lowest BCUT2D eigenvalue weighted by Gasteiger charge is -2.46. The van der Waals surface area contributed by atoms with Gasteiger partial charge in [-0.1, -0.05) is 19.1 Å². The summed E-state index contributed by atoms with van der Waals surface area (Å²) in [5, 5.41) is 11.0. The molecule has 23 heavy (non-hydrogen) atoms. The molecule has 1 aliphatic carbocycles. The van der Waals surface area contributed by atoms with E-state index in [2.05, 4.69) is 47.8 Å². The number of aromatic nitrogens is 1. The van der Waals surface area contributed by atoms with Gasteiger partial charge in [0, 0.05) is 42.7 Å².